The van der Waals surface area contributed by atoms with Crippen molar-refractivity contribution in [2.75, 3.05) is 18.6 Å². The first-order valence-corrected chi connectivity index (χ1v) is 16.5. The molecule has 3 aromatic rings. The average Bonchev–Trinajstić information content (AvgIpc) is 3.86. The van der Waals surface area contributed by atoms with E-state index in [1.807, 2.05) is 6.92 Å². The average molecular weight is 655 g/mol. The van der Waals surface area contributed by atoms with Gasteiger partial charge in [0, 0.05) is 31.2 Å². The Bertz CT molecular complexity index is 1910. The molecule has 2 aliphatic rings. The summed E-state index contributed by atoms with van der Waals surface area (Å²) in [7, 11) is -4.70. The lowest BCUT2D eigenvalue weighted by Gasteiger charge is -2.17. The summed E-state index contributed by atoms with van der Waals surface area (Å²) in [5, 5.41) is 21.0. The summed E-state index contributed by atoms with van der Waals surface area (Å²) in [5.74, 6) is 0. The van der Waals surface area contributed by atoms with Crippen LogP contribution in [0.2, 0.25) is 0 Å². The SMILES string of the molecule is CCOC(=O)N(C)c1ccc(S(=O)(=O)NC2(C)CC2)cc1[N+](=O)[O-].Cn1c(=O)n(O)c2cc(S(=O)(=O)NC3(C)CC3)ccc21. The van der Waals surface area contributed by atoms with E-state index in [4.69, 9.17) is 4.74 Å². The lowest BCUT2D eigenvalue weighted by molar-refractivity contribution is -0.384. The number of nitro benzene ring substituents is 1. The number of hydrogen-bond donors (Lipinski definition) is 3. The molecule has 2 aliphatic carbocycles. The van der Waals surface area contributed by atoms with Crippen LogP contribution in [-0.4, -0.2) is 67.1 Å². The molecule has 2 saturated carbocycles. The summed E-state index contributed by atoms with van der Waals surface area (Å²) in [4.78, 5) is 34.7. The molecule has 1 heterocycles. The molecule has 0 radical (unpaired) electrons. The smallest absolute Gasteiger partial charge is 0.414 e. The fraction of sp³-hybridized carbons (Fsp3) is 0.462. The molecular formula is C26H34N6O10S2. The Hall–Kier alpha value is -4.00. The van der Waals surface area contributed by atoms with Crippen molar-refractivity contribution in [1.29, 1.82) is 0 Å². The number of aryl methyl sites for hydroxylation is 1. The molecule has 5 rings (SSSR count). The second-order valence-corrected chi connectivity index (χ2v) is 14.7. The molecule has 0 atom stereocenters. The fourth-order valence-corrected chi connectivity index (χ4v) is 7.21. The van der Waals surface area contributed by atoms with E-state index in [1.165, 1.54) is 49.0 Å². The summed E-state index contributed by atoms with van der Waals surface area (Å²) >= 11 is 0. The molecule has 1 aromatic heterocycles. The number of nitrogens with one attached hydrogen (secondary N) is 2. The van der Waals surface area contributed by atoms with Crippen LogP contribution in [0.1, 0.15) is 46.5 Å². The molecule has 1 amide bonds. The van der Waals surface area contributed by atoms with E-state index in [1.54, 1.807) is 13.8 Å². The van der Waals surface area contributed by atoms with Crippen molar-refractivity contribution in [3.8, 4) is 0 Å². The number of benzene rings is 2. The van der Waals surface area contributed by atoms with E-state index in [-0.39, 0.29) is 33.1 Å². The van der Waals surface area contributed by atoms with Crippen LogP contribution >= 0.6 is 0 Å². The monoisotopic (exact) mass is 654 g/mol. The maximum absolute atomic E-state index is 12.3. The number of ether oxygens (including phenoxy) is 1. The van der Waals surface area contributed by atoms with E-state index in [2.05, 4.69) is 9.44 Å². The van der Waals surface area contributed by atoms with Crippen LogP contribution in [0.4, 0.5) is 16.2 Å². The highest BCUT2D eigenvalue weighted by atomic mass is 32.2. The largest absolute Gasteiger partial charge is 0.449 e. The molecule has 240 valence electrons. The maximum atomic E-state index is 12.3. The fourth-order valence-electron chi connectivity index (χ4n) is 4.24. The first-order valence-electron chi connectivity index (χ1n) is 13.5. The van der Waals surface area contributed by atoms with Gasteiger partial charge in [0.2, 0.25) is 20.0 Å². The van der Waals surface area contributed by atoms with Crippen LogP contribution in [0, 0.1) is 10.1 Å². The highest BCUT2D eigenvalue weighted by molar-refractivity contribution is 7.89. The van der Waals surface area contributed by atoms with Crippen molar-refractivity contribution < 1.29 is 36.5 Å². The first-order chi connectivity index (χ1) is 20.3. The molecule has 0 saturated heterocycles. The second-order valence-electron chi connectivity index (χ2n) is 11.3. The third-order valence-corrected chi connectivity index (χ3v) is 10.7. The van der Waals surface area contributed by atoms with Crippen LogP contribution in [0.15, 0.2) is 51.0 Å². The molecule has 0 unspecified atom stereocenters. The van der Waals surface area contributed by atoms with Gasteiger partial charge in [-0.05, 0) is 76.8 Å². The van der Waals surface area contributed by atoms with Crippen LogP contribution in [0.3, 0.4) is 0 Å². The van der Waals surface area contributed by atoms with Gasteiger partial charge in [0.15, 0.2) is 0 Å². The Morgan fingerprint density at radius 1 is 1.00 bits per heavy atom. The third-order valence-electron chi connectivity index (χ3n) is 7.43. The number of carbonyl (C=O) groups excluding carboxylic acids is 1. The molecular weight excluding hydrogens is 620 g/mol. The summed E-state index contributed by atoms with van der Waals surface area (Å²) < 4.78 is 60.8. The summed E-state index contributed by atoms with van der Waals surface area (Å²) in [6.07, 6.45) is 2.30. The van der Waals surface area contributed by atoms with Gasteiger partial charge in [-0.1, -0.05) is 0 Å². The highest BCUT2D eigenvalue weighted by Gasteiger charge is 2.42. The van der Waals surface area contributed by atoms with Crippen molar-refractivity contribution in [1.82, 2.24) is 18.7 Å². The Balaban J connectivity index is 0.000000204. The zero-order valence-electron chi connectivity index (χ0n) is 24.7. The predicted molar refractivity (Wildman–Crippen MR) is 159 cm³/mol. The third kappa shape index (κ3) is 6.87. The number of imidazole rings is 1. The van der Waals surface area contributed by atoms with E-state index >= 15 is 0 Å². The molecule has 16 nitrogen and oxygen atoms in total. The van der Waals surface area contributed by atoms with Gasteiger partial charge in [-0.3, -0.25) is 19.6 Å². The molecule has 0 spiro atoms. The summed E-state index contributed by atoms with van der Waals surface area (Å²) in [6.45, 7) is 5.33. The maximum Gasteiger partial charge on any atom is 0.414 e. The summed E-state index contributed by atoms with van der Waals surface area (Å²) in [5.41, 5.74) is -1.38. The number of rotatable bonds is 9. The minimum Gasteiger partial charge on any atom is -0.449 e. The number of carbonyl (C=O) groups is 1. The van der Waals surface area contributed by atoms with Gasteiger partial charge in [-0.2, -0.15) is 0 Å². The number of nitrogens with zero attached hydrogens (tertiary/aromatic N) is 4. The van der Waals surface area contributed by atoms with E-state index in [0.717, 1.165) is 36.6 Å². The molecule has 3 N–H and O–H groups in total. The quantitative estimate of drug-likeness (QED) is 0.174. The second kappa shape index (κ2) is 11.5. The number of fused-ring (bicyclic) bond motifs is 1. The van der Waals surface area contributed by atoms with Gasteiger partial charge in [0.1, 0.15) is 11.2 Å². The van der Waals surface area contributed by atoms with Crippen LogP contribution in [-0.2, 0) is 31.8 Å². The highest BCUT2D eigenvalue weighted by Crippen LogP contribution is 2.37. The van der Waals surface area contributed by atoms with Crippen molar-refractivity contribution in [2.45, 2.75) is 67.3 Å². The topological polar surface area (TPSA) is 212 Å². The number of aromatic nitrogens is 2. The molecule has 18 heteroatoms. The van der Waals surface area contributed by atoms with Gasteiger partial charge in [-0.25, -0.2) is 35.9 Å². The van der Waals surface area contributed by atoms with Crippen molar-refractivity contribution >= 4 is 48.5 Å². The van der Waals surface area contributed by atoms with Gasteiger partial charge in [0.05, 0.1) is 26.8 Å². The molecule has 0 aliphatic heterocycles. The number of sulfonamides is 2. The Morgan fingerprint density at radius 3 is 1.98 bits per heavy atom. The van der Waals surface area contributed by atoms with Crippen LogP contribution in [0.5, 0.6) is 0 Å². The van der Waals surface area contributed by atoms with E-state index in [9.17, 15) is 41.7 Å². The molecule has 44 heavy (non-hydrogen) atoms. The number of amides is 1. The Kier molecular flexibility index (Phi) is 8.59. The number of nitro groups is 1. The molecule has 2 fully saturated rings. The van der Waals surface area contributed by atoms with Gasteiger partial charge in [0.25, 0.3) is 5.69 Å². The Labute approximate surface area is 253 Å². The van der Waals surface area contributed by atoms with Crippen molar-refractivity contribution in [3.63, 3.8) is 0 Å². The van der Waals surface area contributed by atoms with Gasteiger partial charge >= 0.3 is 11.8 Å². The van der Waals surface area contributed by atoms with Crippen molar-refractivity contribution in [2.24, 2.45) is 7.05 Å². The van der Waals surface area contributed by atoms with Gasteiger partial charge in [-0.15, -0.1) is 4.73 Å². The normalized spacial score (nSPS) is 16.5. The lowest BCUT2D eigenvalue weighted by atomic mass is 10.2. The summed E-state index contributed by atoms with van der Waals surface area (Å²) in [6, 6.07) is 7.62. The minimum atomic E-state index is -3.87. The zero-order chi connectivity index (χ0) is 32.8. The van der Waals surface area contributed by atoms with Crippen LogP contribution in [0.25, 0.3) is 11.0 Å². The zero-order valence-corrected chi connectivity index (χ0v) is 26.4. The number of hydrogen-bond acceptors (Lipinski definition) is 10. The number of anilines is 1. The minimum absolute atomic E-state index is 0.0338. The van der Waals surface area contributed by atoms with Gasteiger partial charge < -0.3 is 9.94 Å². The van der Waals surface area contributed by atoms with E-state index < -0.39 is 48.0 Å². The lowest BCUT2D eigenvalue weighted by Crippen LogP contribution is -2.34. The van der Waals surface area contributed by atoms with E-state index in [0.29, 0.717) is 10.2 Å². The molecule has 2 aromatic carbocycles. The van der Waals surface area contributed by atoms with Crippen LogP contribution < -0.4 is 20.0 Å². The molecule has 0 bridgehead atoms. The predicted octanol–water partition coefficient (Wildman–Crippen LogP) is 2.43. The first kappa shape index (κ1) is 32.9. The van der Waals surface area contributed by atoms with Crippen molar-refractivity contribution in [3.05, 3.63) is 57.0 Å². The standard InChI is InChI=1S/C14H19N3O6S.C12H15N3O4S/c1-4-23-13(18)16(3)11-6-5-10(9-12(11)17(19)20)24(21,22)15-14(2)7-8-14;1-12(5-6-12)13-20(18,19)8-3-4-9-10(7-8)15(17)11(16)14(9)2/h5-6,9,15H,4,7-8H2,1-3H3;3-4,7,13,17H,5-6H2,1-2H3. The Morgan fingerprint density at radius 2 is 1.50 bits per heavy atom.